The first kappa shape index (κ1) is 23.0. The number of nitrogens with one attached hydrogen (secondary N) is 2. The summed E-state index contributed by atoms with van der Waals surface area (Å²) in [5, 5.41) is 5.12. The van der Waals surface area contributed by atoms with Gasteiger partial charge in [-0.25, -0.2) is 14.8 Å². The molecule has 12 heteroatoms. The van der Waals surface area contributed by atoms with E-state index in [2.05, 4.69) is 25.6 Å². The van der Waals surface area contributed by atoms with Crippen molar-refractivity contribution in [1.82, 2.24) is 9.97 Å². The molecule has 0 bridgehead atoms. The number of aliphatic imine (C=N–C) groups is 1. The Morgan fingerprint density at radius 1 is 1.22 bits per heavy atom. The van der Waals surface area contributed by atoms with Gasteiger partial charge in [0.05, 0.1) is 17.2 Å². The van der Waals surface area contributed by atoms with Crippen LogP contribution in [0, 0.1) is 0 Å². The average Bonchev–Trinajstić information content (AvgIpc) is 3.26. The molecule has 2 aromatic heterocycles. The van der Waals surface area contributed by atoms with E-state index in [4.69, 9.17) is 9.47 Å². The number of hydrogen-bond acceptors (Lipinski definition) is 6. The molecule has 1 aromatic carbocycles. The van der Waals surface area contributed by atoms with Gasteiger partial charge < -0.3 is 14.8 Å². The van der Waals surface area contributed by atoms with Crippen LogP contribution in [0.3, 0.4) is 0 Å². The van der Waals surface area contributed by atoms with Gasteiger partial charge in [-0.2, -0.15) is 18.2 Å². The van der Waals surface area contributed by atoms with E-state index in [0.29, 0.717) is 47.8 Å². The zero-order valence-corrected chi connectivity index (χ0v) is 19.2. The average molecular weight is 509 g/mol. The highest BCUT2D eigenvalue weighted by Crippen LogP contribution is 2.60. The summed E-state index contributed by atoms with van der Waals surface area (Å²) in [4.78, 5) is 36.0. The van der Waals surface area contributed by atoms with Crippen molar-refractivity contribution in [1.29, 1.82) is 0 Å². The van der Waals surface area contributed by atoms with Crippen LogP contribution in [0.2, 0.25) is 0 Å². The van der Waals surface area contributed by atoms with Crippen molar-refractivity contribution in [3.63, 3.8) is 0 Å². The Labute approximate surface area is 207 Å². The largest absolute Gasteiger partial charge is 0.480 e. The quantitative estimate of drug-likeness (QED) is 0.508. The Kier molecular flexibility index (Phi) is 4.97. The number of anilines is 2. The first-order valence-electron chi connectivity index (χ1n) is 11.3. The fraction of sp³-hybridized carbons (Fsp3) is 0.240. The number of pyridine rings is 2. The predicted octanol–water partition coefficient (Wildman–Crippen LogP) is 5.09. The molecule has 4 heterocycles. The summed E-state index contributed by atoms with van der Waals surface area (Å²) >= 11 is 0. The minimum atomic E-state index is -4.52. The van der Waals surface area contributed by atoms with Gasteiger partial charge in [0.25, 0.3) is 0 Å². The maximum absolute atomic E-state index is 12.7. The predicted molar refractivity (Wildman–Crippen MR) is 125 cm³/mol. The number of urea groups is 1. The van der Waals surface area contributed by atoms with Crippen LogP contribution in [0.15, 0.2) is 53.8 Å². The molecule has 1 saturated carbocycles. The number of ether oxygens (including phenoxy) is 2. The summed E-state index contributed by atoms with van der Waals surface area (Å²) in [6, 6.07) is 8.22. The Morgan fingerprint density at radius 2 is 2.05 bits per heavy atom. The number of amides is 3. The van der Waals surface area contributed by atoms with Crippen molar-refractivity contribution in [2.45, 2.75) is 37.5 Å². The Hall–Kier alpha value is -4.48. The van der Waals surface area contributed by atoms with E-state index in [9.17, 15) is 22.8 Å². The van der Waals surface area contributed by atoms with Crippen molar-refractivity contribution < 1.29 is 32.2 Å². The molecule has 3 aliphatic rings. The minimum absolute atomic E-state index is 0.0489. The summed E-state index contributed by atoms with van der Waals surface area (Å²) in [7, 11) is 0. The zero-order chi connectivity index (χ0) is 25.9. The van der Waals surface area contributed by atoms with Crippen LogP contribution >= 0.6 is 0 Å². The van der Waals surface area contributed by atoms with Gasteiger partial charge in [0.1, 0.15) is 28.9 Å². The SMILES string of the molecule is CC12Oc3ccc(Oc4ccnc5c4CCC(=O)N5)cc3[C@H]1C2=NC(=O)Nc1ccc(C(F)(F)F)cn1. The van der Waals surface area contributed by atoms with Gasteiger partial charge in [0.2, 0.25) is 5.91 Å². The number of benzene rings is 1. The third-order valence-corrected chi connectivity index (χ3v) is 6.51. The number of carbonyl (C=O) groups is 2. The molecule has 1 aliphatic carbocycles. The summed E-state index contributed by atoms with van der Waals surface area (Å²) in [6.07, 6.45) is -1.46. The lowest BCUT2D eigenvalue weighted by Crippen LogP contribution is -2.20. The van der Waals surface area contributed by atoms with Crippen molar-refractivity contribution in [2.75, 3.05) is 10.6 Å². The molecule has 188 valence electrons. The molecule has 0 radical (unpaired) electrons. The molecular formula is C25H18F3N5O4. The van der Waals surface area contributed by atoms with Crippen LogP contribution < -0.4 is 20.1 Å². The normalized spacial score (nSPS) is 22.3. The third-order valence-electron chi connectivity index (χ3n) is 6.51. The lowest BCUT2D eigenvalue weighted by molar-refractivity contribution is -0.137. The van der Waals surface area contributed by atoms with Gasteiger partial charge in [0.15, 0.2) is 5.60 Å². The summed E-state index contributed by atoms with van der Waals surface area (Å²) in [6.45, 7) is 1.81. The second-order valence-corrected chi connectivity index (χ2v) is 8.99. The second-order valence-electron chi connectivity index (χ2n) is 8.99. The van der Waals surface area contributed by atoms with Crippen LogP contribution in [0.4, 0.5) is 29.6 Å². The van der Waals surface area contributed by atoms with Gasteiger partial charge in [-0.05, 0) is 49.7 Å². The highest BCUT2D eigenvalue weighted by atomic mass is 19.4. The topological polar surface area (TPSA) is 115 Å². The molecule has 3 amide bonds. The number of nitrogens with zero attached hydrogens (tertiary/aromatic N) is 3. The molecule has 9 nitrogen and oxygen atoms in total. The van der Waals surface area contributed by atoms with E-state index < -0.39 is 23.4 Å². The standard InChI is InChI=1S/C25H18F3N5O4/c1-24-20(21(24)33-23(35)31-18-6-2-12(11-30-18)25(26,27)28)15-10-13(3-5-17(15)37-24)36-16-8-9-29-22-14(16)4-7-19(34)32-22/h2-3,5-6,8-11,20H,4,7H2,1H3,(H,29,32,34)(H,30,31,35)/t20-,24?/m0/s1. The van der Waals surface area contributed by atoms with Gasteiger partial charge in [-0.15, -0.1) is 0 Å². The number of aromatic nitrogens is 2. The smallest absolute Gasteiger partial charge is 0.417 e. The number of fused-ring (bicyclic) bond motifs is 4. The van der Waals surface area contributed by atoms with Crippen molar-refractivity contribution in [3.05, 3.63) is 65.5 Å². The van der Waals surface area contributed by atoms with E-state index in [1.54, 1.807) is 24.4 Å². The first-order valence-corrected chi connectivity index (χ1v) is 11.3. The zero-order valence-electron chi connectivity index (χ0n) is 19.2. The number of halogens is 3. The van der Waals surface area contributed by atoms with E-state index in [1.807, 2.05) is 13.0 Å². The van der Waals surface area contributed by atoms with E-state index in [-0.39, 0.29) is 17.6 Å². The molecule has 1 fully saturated rings. The fourth-order valence-corrected chi connectivity index (χ4v) is 4.63. The number of carbonyl (C=O) groups excluding carboxylic acids is 2. The number of alkyl halides is 3. The van der Waals surface area contributed by atoms with Crippen LogP contribution in [-0.2, 0) is 17.4 Å². The molecule has 0 spiro atoms. The van der Waals surface area contributed by atoms with Gasteiger partial charge in [-0.3, -0.25) is 10.1 Å². The van der Waals surface area contributed by atoms with Crippen LogP contribution in [0.25, 0.3) is 0 Å². The molecular weight excluding hydrogens is 491 g/mol. The number of rotatable bonds is 3. The fourth-order valence-electron chi connectivity index (χ4n) is 4.63. The van der Waals surface area contributed by atoms with E-state index in [1.165, 1.54) is 0 Å². The highest BCUT2D eigenvalue weighted by molar-refractivity contribution is 6.21. The van der Waals surface area contributed by atoms with E-state index in [0.717, 1.165) is 23.3 Å². The molecule has 2 atom stereocenters. The van der Waals surface area contributed by atoms with Crippen molar-refractivity contribution >= 4 is 29.3 Å². The Bertz CT molecular complexity index is 1490. The molecule has 0 saturated heterocycles. The highest BCUT2D eigenvalue weighted by Gasteiger charge is 2.67. The van der Waals surface area contributed by atoms with Crippen LogP contribution in [-0.4, -0.2) is 33.2 Å². The second kappa shape index (κ2) is 8.02. The summed E-state index contributed by atoms with van der Waals surface area (Å²) < 4.78 is 50.3. The molecule has 2 N–H and O–H groups in total. The maximum atomic E-state index is 12.7. The molecule has 1 unspecified atom stereocenters. The maximum Gasteiger partial charge on any atom is 0.417 e. The van der Waals surface area contributed by atoms with Gasteiger partial charge >= 0.3 is 12.2 Å². The Morgan fingerprint density at radius 3 is 2.81 bits per heavy atom. The third kappa shape index (κ3) is 4.03. The molecule has 2 aliphatic heterocycles. The lowest BCUT2D eigenvalue weighted by atomic mass is 10.1. The summed E-state index contributed by atoms with van der Waals surface area (Å²) in [5.41, 5.74) is 0.388. The van der Waals surface area contributed by atoms with Crippen molar-refractivity contribution in [3.8, 4) is 17.2 Å². The molecule has 6 rings (SSSR count). The lowest BCUT2D eigenvalue weighted by Gasteiger charge is -2.19. The minimum Gasteiger partial charge on any atom is -0.480 e. The van der Waals surface area contributed by atoms with Gasteiger partial charge in [0, 0.05) is 29.9 Å². The van der Waals surface area contributed by atoms with Crippen molar-refractivity contribution in [2.24, 2.45) is 4.99 Å². The number of hydrogen-bond donors (Lipinski definition) is 2. The Balaban J connectivity index is 1.19. The first-order chi connectivity index (χ1) is 17.6. The van der Waals surface area contributed by atoms with E-state index >= 15 is 0 Å². The van der Waals surface area contributed by atoms with Gasteiger partial charge in [-0.1, -0.05) is 0 Å². The van der Waals surface area contributed by atoms with Crippen LogP contribution in [0.5, 0.6) is 17.2 Å². The molecule has 37 heavy (non-hydrogen) atoms. The monoisotopic (exact) mass is 509 g/mol. The molecule has 3 aromatic rings. The van der Waals surface area contributed by atoms with Crippen LogP contribution in [0.1, 0.15) is 36.0 Å². The summed E-state index contributed by atoms with van der Waals surface area (Å²) in [5.74, 6) is 1.84.